The summed E-state index contributed by atoms with van der Waals surface area (Å²) in [6.45, 7) is -0.166. The molecule has 5 rings (SSSR count). The summed E-state index contributed by atoms with van der Waals surface area (Å²) in [6, 6.07) is 18.6. The molecule has 0 aliphatic carbocycles. The van der Waals surface area contributed by atoms with Gasteiger partial charge >= 0.3 is 12.1 Å². The maximum atomic E-state index is 13.0. The molecule has 4 aromatic carbocycles. The number of carbonyl (C=O) groups is 2. The third kappa shape index (κ3) is 4.41. The second-order valence-corrected chi connectivity index (χ2v) is 8.52. The summed E-state index contributed by atoms with van der Waals surface area (Å²) in [6.07, 6.45) is -2.62. The Kier molecular flexibility index (Phi) is 5.84. The number of amides is 1. The van der Waals surface area contributed by atoms with Gasteiger partial charge in [0, 0.05) is 13.0 Å². The minimum absolute atomic E-state index is 0.0717. The highest BCUT2D eigenvalue weighted by atomic mass is 19.4. The van der Waals surface area contributed by atoms with Crippen molar-refractivity contribution in [1.29, 1.82) is 0 Å². The van der Waals surface area contributed by atoms with Crippen LogP contribution in [0.15, 0.2) is 60.8 Å². The average molecular weight is 478 g/mol. The zero-order valence-electron chi connectivity index (χ0n) is 18.6. The molecule has 0 bridgehead atoms. The monoisotopic (exact) mass is 478 g/mol. The molecular weight excluding hydrogens is 457 g/mol. The van der Waals surface area contributed by atoms with Crippen molar-refractivity contribution < 1.29 is 22.8 Å². The van der Waals surface area contributed by atoms with Crippen LogP contribution < -0.4 is 0 Å². The summed E-state index contributed by atoms with van der Waals surface area (Å²) in [7, 11) is 0. The van der Waals surface area contributed by atoms with Crippen molar-refractivity contribution in [2.24, 2.45) is 0 Å². The Morgan fingerprint density at radius 3 is 2.46 bits per heavy atom. The fourth-order valence-corrected chi connectivity index (χ4v) is 4.62. The van der Waals surface area contributed by atoms with Gasteiger partial charge in [0.05, 0.1) is 19.3 Å². The number of unbranched alkanes of at least 4 members (excludes halogenated alkanes) is 1. The van der Waals surface area contributed by atoms with E-state index < -0.39 is 12.1 Å². The molecule has 0 fully saturated rings. The number of rotatable bonds is 8. The molecule has 0 unspecified atom stereocenters. The molecule has 0 spiro atoms. The first kappa shape index (κ1) is 22.8. The number of aldehydes is 1. The largest absolute Gasteiger partial charge is 0.471 e. The van der Waals surface area contributed by atoms with E-state index in [4.69, 9.17) is 0 Å². The number of carbonyl (C=O) groups excluding carboxylic acids is 2. The van der Waals surface area contributed by atoms with Gasteiger partial charge < -0.3 is 9.69 Å². The molecule has 0 N–H and O–H groups in total. The van der Waals surface area contributed by atoms with Crippen LogP contribution in [0, 0.1) is 0 Å². The van der Waals surface area contributed by atoms with Crippen LogP contribution in [0.5, 0.6) is 0 Å². The number of benzene rings is 4. The molecule has 0 saturated heterocycles. The third-order valence-corrected chi connectivity index (χ3v) is 6.14. The first-order valence-corrected chi connectivity index (χ1v) is 11.2. The van der Waals surface area contributed by atoms with E-state index in [9.17, 15) is 22.8 Å². The zero-order chi connectivity index (χ0) is 24.6. The summed E-state index contributed by atoms with van der Waals surface area (Å²) in [4.78, 5) is 23.1. The molecule has 0 aliphatic rings. The van der Waals surface area contributed by atoms with Crippen molar-refractivity contribution in [1.82, 2.24) is 19.9 Å². The molecule has 1 aromatic heterocycles. The van der Waals surface area contributed by atoms with Crippen LogP contribution in [0.25, 0.3) is 32.3 Å². The Balaban J connectivity index is 1.45. The van der Waals surface area contributed by atoms with E-state index in [0.29, 0.717) is 17.7 Å². The highest BCUT2D eigenvalue weighted by Gasteiger charge is 2.42. The summed E-state index contributed by atoms with van der Waals surface area (Å²) in [5.41, 5.74) is 1.25. The van der Waals surface area contributed by atoms with Gasteiger partial charge in [-0.3, -0.25) is 4.79 Å². The van der Waals surface area contributed by atoms with Crippen LogP contribution in [0.4, 0.5) is 13.2 Å². The standard InChI is InChI=1S/C26H21F3N4O2/c27-26(28,29)25(35)32(11-1-2-12-34)15-21-16-33(31-30-21)14-20-13-19-7-3-5-17-9-10-18-6-4-8-22(20)24(18)23(17)19/h3-10,12-13,16H,1-2,11,14-15H2. The van der Waals surface area contributed by atoms with E-state index in [0.717, 1.165) is 32.5 Å². The highest BCUT2D eigenvalue weighted by Crippen LogP contribution is 2.36. The molecule has 35 heavy (non-hydrogen) atoms. The maximum absolute atomic E-state index is 13.0. The van der Waals surface area contributed by atoms with E-state index in [-0.39, 0.29) is 31.6 Å². The molecule has 9 heteroatoms. The Hall–Kier alpha value is -4.01. The van der Waals surface area contributed by atoms with E-state index in [1.54, 1.807) is 10.9 Å². The van der Waals surface area contributed by atoms with E-state index in [1.165, 1.54) is 5.39 Å². The van der Waals surface area contributed by atoms with Gasteiger partial charge in [-0.05, 0) is 50.4 Å². The fourth-order valence-electron chi connectivity index (χ4n) is 4.62. The summed E-state index contributed by atoms with van der Waals surface area (Å²) in [5.74, 6) is -1.95. The number of halogens is 3. The lowest BCUT2D eigenvalue weighted by molar-refractivity contribution is -0.186. The predicted molar refractivity (Wildman–Crippen MR) is 126 cm³/mol. The molecule has 0 aliphatic heterocycles. The minimum atomic E-state index is -5.00. The molecule has 1 amide bonds. The maximum Gasteiger partial charge on any atom is 0.471 e. The van der Waals surface area contributed by atoms with E-state index >= 15 is 0 Å². The van der Waals surface area contributed by atoms with Gasteiger partial charge in [0.15, 0.2) is 0 Å². The molecule has 178 valence electrons. The molecule has 0 radical (unpaired) electrons. The van der Waals surface area contributed by atoms with Gasteiger partial charge in [-0.25, -0.2) is 4.68 Å². The Morgan fingerprint density at radius 1 is 1.00 bits per heavy atom. The van der Waals surface area contributed by atoms with Crippen LogP contribution >= 0.6 is 0 Å². The normalized spacial score (nSPS) is 12.1. The second-order valence-electron chi connectivity index (χ2n) is 8.52. The lowest BCUT2D eigenvalue weighted by Gasteiger charge is -2.22. The average Bonchev–Trinajstić information content (AvgIpc) is 3.28. The smallest absolute Gasteiger partial charge is 0.329 e. The van der Waals surface area contributed by atoms with Gasteiger partial charge in [0.2, 0.25) is 0 Å². The molecule has 1 heterocycles. The van der Waals surface area contributed by atoms with Gasteiger partial charge in [0.1, 0.15) is 12.0 Å². The lowest BCUT2D eigenvalue weighted by atomic mass is 9.91. The van der Waals surface area contributed by atoms with Crippen molar-refractivity contribution in [3.8, 4) is 0 Å². The van der Waals surface area contributed by atoms with Crippen molar-refractivity contribution in [2.45, 2.75) is 32.1 Å². The predicted octanol–water partition coefficient (Wildman–Crippen LogP) is 5.09. The fraction of sp³-hybridized carbons (Fsp3) is 0.231. The first-order chi connectivity index (χ1) is 16.8. The van der Waals surface area contributed by atoms with Crippen molar-refractivity contribution in [2.75, 3.05) is 6.54 Å². The summed E-state index contributed by atoms with van der Waals surface area (Å²) >= 11 is 0. The molecular formula is C26H21F3N4O2. The number of hydrogen-bond acceptors (Lipinski definition) is 4. The first-order valence-electron chi connectivity index (χ1n) is 11.2. The molecule has 5 aromatic rings. The van der Waals surface area contributed by atoms with E-state index in [2.05, 4.69) is 52.8 Å². The number of hydrogen-bond donors (Lipinski definition) is 0. The van der Waals surface area contributed by atoms with Gasteiger partial charge in [0.25, 0.3) is 0 Å². The van der Waals surface area contributed by atoms with E-state index in [1.807, 2.05) is 12.1 Å². The Labute approximate surface area is 198 Å². The summed E-state index contributed by atoms with van der Waals surface area (Å²) in [5, 5.41) is 14.9. The molecule has 0 atom stereocenters. The third-order valence-electron chi connectivity index (χ3n) is 6.14. The topological polar surface area (TPSA) is 68.1 Å². The Bertz CT molecular complexity index is 1530. The Morgan fingerprint density at radius 2 is 1.71 bits per heavy atom. The van der Waals surface area contributed by atoms with Crippen molar-refractivity contribution >= 4 is 44.5 Å². The van der Waals surface area contributed by atoms with Gasteiger partial charge in [-0.15, -0.1) is 5.10 Å². The minimum Gasteiger partial charge on any atom is -0.329 e. The van der Waals surface area contributed by atoms with Gasteiger partial charge in [-0.2, -0.15) is 13.2 Å². The lowest BCUT2D eigenvalue weighted by Crippen LogP contribution is -2.41. The summed E-state index contributed by atoms with van der Waals surface area (Å²) < 4.78 is 40.7. The molecule has 6 nitrogen and oxygen atoms in total. The second kappa shape index (κ2) is 8.98. The van der Waals surface area contributed by atoms with Crippen LogP contribution in [-0.4, -0.2) is 44.8 Å². The van der Waals surface area contributed by atoms with Crippen molar-refractivity contribution in [3.63, 3.8) is 0 Å². The zero-order valence-corrected chi connectivity index (χ0v) is 18.6. The van der Waals surface area contributed by atoms with Crippen LogP contribution in [0.3, 0.4) is 0 Å². The molecule has 0 saturated carbocycles. The number of alkyl halides is 3. The number of nitrogens with zero attached hydrogens (tertiary/aromatic N) is 4. The van der Waals surface area contributed by atoms with Crippen LogP contribution in [0.1, 0.15) is 24.1 Å². The van der Waals surface area contributed by atoms with Crippen LogP contribution in [0.2, 0.25) is 0 Å². The highest BCUT2D eigenvalue weighted by molar-refractivity contribution is 6.23. The van der Waals surface area contributed by atoms with Gasteiger partial charge in [-0.1, -0.05) is 53.7 Å². The SMILES string of the molecule is O=CCCCN(Cc1cn(Cc2cc3cccc4ccc5cccc2c5c43)nn1)C(=O)C(F)(F)F. The number of aromatic nitrogens is 3. The quantitative estimate of drug-likeness (QED) is 0.177. The van der Waals surface area contributed by atoms with Crippen molar-refractivity contribution in [3.05, 3.63) is 72.1 Å². The van der Waals surface area contributed by atoms with Crippen LogP contribution in [-0.2, 0) is 22.7 Å².